The first-order valence-corrected chi connectivity index (χ1v) is 0.636. The quantitative estimate of drug-likeness (QED) is 0.320. The van der Waals surface area contributed by atoms with Crippen molar-refractivity contribution >= 4 is 0 Å². The Morgan fingerprint density at radius 1 is 1.50 bits per heavy atom. The van der Waals surface area contributed by atoms with E-state index in [0.717, 1.165) is 0 Å². The maximum absolute atomic E-state index is 8.06. The van der Waals surface area contributed by atoms with E-state index in [1.54, 1.807) is 15.9 Å². The average Bonchev–Trinajstić information content (AvgIpc) is 1.00. The van der Waals surface area contributed by atoms with Crippen LogP contribution < -0.4 is 18.9 Å². The fraction of sp³-hybridized carbons (Fsp3) is 0. The Bertz CT molecular complexity index is 11.6. The molecule has 0 aromatic heterocycles. The van der Waals surface area contributed by atoms with E-state index >= 15 is 0 Å². The van der Waals surface area contributed by atoms with E-state index in [4.69, 9.17) is 3.83 Å². The standard InChI is InChI=1S/Cr.Li.Mn.O.H/q;+1;;;-1. The molecule has 0 rings (SSSR count). The summed E-state index contributed by atoms with van der Waals surface area (Å²) < 4.78 is 8.06. The first-order valence-electron chi connectivity index (χ1n) is 0.154. The molecule has 0 aliphatic rings. The molecular formula is HCrLiMnO. The van der Waals surface area contributed by atoms with Crippen molar-refractivity contribution in [3.8, 4) is 0 Å². The molecule has 21 valence electrons. The van der Waals surface area contributed by atoms with Gasteiger partial charge in [0.15, 0.2) is 0 Å². The van der Waals surface area contributed by atoms with Crippen LogP contribution in [-0.4, -0.2) is 0 Å². The molecule has 0 bridgehead atoms. The number of rotatable bonds is 0. The second-order valence-corrected chi connectivity index (χ2v) is 0. The van der Waals surface area contributed by atoms with Gasteiger partial charge in [-0.25, -0.2) is 0 Å². The average molecular weight is 131 g/mol. The van der Waals surface area contributed by atoms with Crippen LogP contribution in [0.3, 0.4) is 0 Å². The molecule has 0 atom stereocenters. The molecule has 0 radical (unpaired) electrons. The summed E-state index contributed by atoms with van der Waals surface area (Å²) in [6.45, 7) is 0. The van der Waals surface area contributed by atoms with Crippen LogP contribution in [0.4, 0.5) is 0 Å². The van der Waals surface area contributed by atoms with Crippen LogP contribution in [0.2, 0.25) is 0 Å². The summed E-state index contributed by atoms with van der Waals surface area (Å²) in [4.78, 5) is 0. The molecule has 0 aliphatic heterocycles. The molecule has 0 saturated carbocycles. The van der Waals surface area contributed by atoms with Gasteiger partial charge in [-0.05, 0) is 0 Å². The van der Waals surface area contributed by atoms with E-state index in [-0.39, 0.29) is 37.6 Å². The van der Waals surface area contributed by atoms with E-state index in [9.17, 15) is 0 Å². The molecule has 0 aromatic rings. The summed E-state index contributed by atoms with van der Waals surface area (Å²) in [7, 11) is 0. The van der Waals surface area contributed by atoms with Crippen molar-refractivity contribution < 1.29 is 57.4 Å². The molecule has 0 aromatic carbocycles. The van der Waals surface area contributed by atoms with Crippen molar-refractivity contribution in [3.63, 3.8) is 0 Å². The number of hydrogen-bond donors (Lipinski definition) is 0. The third-order valence-electron chi connectivity index (χ3n) is 0. The van der Waals surface area contributed by atoms with Crippen LogP contribution in [0.15, 0.2) is 0 Å². The first-order chi connectivity index (χ1) is 1.00. The summed E-state index contributed by atoms with van der Waals surface area (Å²) in [6.07, 6.45) is 0. The van der Waals surface area contributed by atoms with Crippen LogP contribution in [0.25, 0.3) is 0 Å². The Hall–Kier alpha value is 1.45. The Kier molecular flexibility index (Phi) is 113. The normalized spacial score (nSPS) is 1.00. The molecule has 0 fully saturated rings. The van der Waals surface area contributed by atoms with Crippen LogP contribution in [0.1, 0.15) is 1.43 Å². The van der Waals surface area contributed by atoms with Gasteiger partial charge in [0.1, 0.15) is 0 Å². The Balaban J connectivity index is -0.00000000167. The minimum atomic E-state index is 0. The van der Waals surface area contributed by atoms with Gasteiger partial charge in [0.25, 0.3) is 0 Å². The fourth-order valence-electron chi connectivity index (χ4n) is 0. The van der Waals surface area contributed by atoms with Crippen molar-refractivity contribution in [1.82, 2.24) is 0 Å². The molecule has 0 aliphatic carbocycles. The molecule has 0 saturated heterocycles. The third kappa shape index (κ3) is 9.85. The summed E-state index contributed by atoms with van der Waals surface area (Å²) in [5, 5.41) is 0. The van der Waals surface area contributed by atoms with E-state index in [0.29, 0.717) is 0 Å². The fourth-order valence-corrected chi connectivity index (χ4v) is 0. The second kappa shape index (κ2) is 25.2. The monoisotopic (exact) mass is 131 g/mol. The first kappa shape index (κ1) is 18.0. The SMILES string of the molecule is [Cr].[H-].[Li+].[O]=[Mn]. The molecule has 4 heavy (non-hydrogen) atoms. The second-order valence-electron chi connectivity index (χ2n) is 0. The van der Waals surface area contributed by atoms with Gasteiger partial charge in [-0.1, -0.05) is 0 Å². The van der Waals surface area contributed by atoms with Gasteiger partial charge in [0.2, 0.25) is 0 Å². The van der Waals surface area contributed by atoms with Gasteiger partial charge < -0.3 is 1.43 Å². The molecule has 4 heteroatoms. The van der Waals surface area contributed by atoms with Crippen molar-refractivity contribution in [3.05, 3.63) is 0 Å². The zero-order valence-electron chi connectivity index (χ0n) is 3.19. The van der Waals surface area contributed by atoms with Gasteiger partial charge in [0, 0.05) is 17.4 Å². The van der Waals surface area contributed by atoms with Crippen LogP contribution in [0, 0.1) is 0 Å². The van der Waals surface area contributed by atoms with E-state index in [2.05, 4.69) is 0 Å². The van der Waals surface area contributed by atoms with E-state index in [1.165, 1.54) is 0 Å². The Labute approximate surface area is 57.3 Å². The van der Waals surface area contributed by atoms with Crippen molar-refractivity contribution in [1.29, 1.82) is 0 Å². The van der Waals surface area contributed by atoms with E-state index in [1.807, 2.05) is 0 Å². The molecule has 0 heterocycles. The maximum atomic E-state index is 8.06. The molecule has 0 N–H and O–H groups in total. The predicted molar refractivity (Wildman–Crippen MR) is 1.80 cm³/mol. The van der Waals surface area contributed by atoms with Gasteiger partial charge in [-0.2, -0.15) is 0 Å². The van der Waals surface area contributed by atoms with Crippen LogP contribution >= 0.6 is 0 Å². The van der Waals surface area contributed by atoms with Gasteiger partial charge in [0.05, 0.1) is 0 Å². The summed E-state index contributed by atoms with van der Waals surface area (Å²) in [5.74, 6) is 0. The van der Waals surface area contributed by atoms with Gasteiger partial charge in [-0.15, -0.1) is 0 Å². The van der Waals surface area contributed by atoms with Crippen molar-refractivity contribution in [2.45, 2.75) is 0 Å². The summed E-state index contributed by atoms with van der Waals surface area (Å²) in [5.41, 5.74) is 0. The van der Waals surface area contributed by atoms with Gasteiger partial charge in [-0.3, -0.25) is 0 Å². The Morgan fingerprint density at radius 2 is 1.50 bits per heavy atom. The van der Waals surface area contributed by atoms with E-state index < -0.39 is 0 Å². The van der Waals surface area contributed by atoms with Crippen molar-refractivity contribution in [2.75, 3.05) is 0 Å². The summed E-state index contributed by atoms with van der Waals surface area (Å²) >= 11 is 1.69. The zero-order chi connectivity index (χ0) is 2.00. The van der Waals surface area contributed by atoms with Gasteiger partial charge >= 0.3 is 38.6 Å². The zero-order valence-corrected chi connectivity index (χ0v) is 4.65. The van der Waals surface area contributed by atoms with Crippen molar-refractivity contribution in [2.24, 2.45) is 0 Å². The minimum absolute atomic E-state index is 0. The predicted octanol–water partition coefficient (Wildman–Crippen LogP) is -3.01. The third-order valence-corrected chi connectivity index (χ3v) is 0. The molecule has 0 unspecified atom stereocenters. The van der Waals surface area contributed by atoms with Crippen LogP contribution in [0.5, 0.6) is 0 Å². The summed E-state index contributed by atoms with van der Waals surface area (Å²) in [6, 6.07) is 0. The number of hydrogen-bond acceptors (Lipinski definition) is 1. The van der Waals surface area contributed by atoms with Crippen LogP contribution in [-0.2, 0) is 37.1 Å². The molecule has 0 amide bonds. The molecule has 0 spiro atoms. The molecular weight excluding hydrogens is 130 g/mol. The Morgan fingerprint density at radius 3 is 1.50 bits per heavy atom. The topological polar surface area (TPSA) is 17.1 Å². The molecule has 1 nitrogen and oxygen atoms in total.